The summed E-state index contributed by atoms with van der Waals surface area (Å²) in [5, 5.41) is 8.97. The molecule has 0 aliphatic rings. The highest BCUT2D eigenvalue weighted by atomic mass is 32.2. The van der Waals surface area contributed by atoms with Crippen LogP contribution in [0.1, 0.15) is 12.0 Å². The second-order valence-electron chi connectivity index (χ2n) is 2.10. The first-order chi connectivity index (χ1) is 6.36. The van der Waals surface area contributed by atoms with E-state index in [-0.39, 0.29) is 6.42 Å². The van der Waals surface area contributed by atoms with Gasteiger partial charge in [0, 0.05) is 12.4 Å². The van der Waals surface area contributed by atoms with Crippen molar-refractivity contribution in [1.29, 1.82) is 5.26 Å². The van der Waals surface area contributed by atoms with E-state index >= 15 is 0 Å². The highest BCUT2D eigenvalue weighted by Crippen LogP contribution is 2.05. The quantitative estimate of drug-likeness (QED) is 0.381. The van der Waals surface area contributed by atoms with Crippen molar-refractivity contribution < 1.29 is 0 Å². The largest absolute Gasteiger partial charge is 0.230 e. The molecule has 0 bridgehead atoms. The smallest absolute Gasteiger partial charge is 0.187 e. The monoisotopic (exact) mass is 189 g/mol. The molecule has 3 nitrogen and oxygen atoms in total. The number of thioether (sulfide) groups is 1. The van der Waals surface area contributed by atoms with Crippen molar-refractivity contribution in [1.82, 2.24) is 9.97 Å². The number of aromatic nitrogens is 2. The lowest BCUT2D eigenvalue weighted by molar-refractivity contribution is 0.964. The minimum atomic E-state index is 0.240. The first-order valence-corrected chi connectivity index (χ1v) is 4.81. The van der Waals surface area contributed by atoms with Crippen LogP contribution in [-0.2, 0) is 0 Å². The Morgan fingerprint density at radius 3 is 2.69 bits per heavy atom. The molecule has 0 aliphatic carbocycles. The van der Waals surface area contributed by atoms with Gasteiger partial charge in [-0.2, -0.15) is 5.26 Å². The van der Waals surface area contributed by atoms with Crippen LogP contribution >= 0.6 is 11.8 Å². The number of rotatable bonds is 1. The molecule has 0 saturated heterocycles. The summed E-state index contributed by atoms with van der Waals surface area (Å²) in [5.41, 5.74) is 0.744. The van der Waals surface area contributed by atoms with E-state index in [9.17, 15) is 0 Å². The van der Waals surface area contributed by atoms with E-state index in [1.165, 1.54) is 11.8 Å². The third-order valence-electron chi connectivity index (χ3n) is 1.21. The maximum absolute atomic E-state index is 8.24. The summed E-state index contributed by atoms with van der Waals surface area (Å²) in [6.45, 7) is 0. The van der Waals surface area contributed by atoms with Gasteiger partial charge in [0.25, 0.3) is 0 Å². The summed E-state index contributed by atoms with van der Waals surface area (Å²) >= 11 is 1.48. The van der Waals surface area contributed by atoms with Crippen LogP contribution in [0.25, 0.3) is 0 Å². The Kier molecular flexibility index (Phi) is 3.81. The van der Waals surface area contributed by atoms with Crippen LogP contribution < -0.4 is 0 Å². The Hall–Kier alpha value is -1.52. The van der Waals surface area contributed by atoms with Crippen LogP contribution in [0.5, 0.6) is 0 Å². The van der Waals surface area contributed by atoms with Crippen molar-refractivity contribution >= 4 is 11.8 Å². The fourth-order valence-electron chi connectivity index (χ4n) is 0.672. The van der Waals surface area contributed by atoms with Crippen molar-refractivity contribution in [3.8, 4) is 17.9 Å². The Balaban J connectivity index is 2.72. The molecular formula is C9H7N3S. The van der Waals surface area contributed by atoms with Crippen LogP contribution in [0, 0.1) is 23.2 Å². The first-order valence-electron chi connectivity index (χ1n) is 3.58. The molecule has 0 aliphatic heterocycles. The topological polar surface area (TPSA) is 49.6 Å². The van der Waals surface area contributed by atoms with E-state index in [4.69, 9.17) is 5.26 Å². The second kappa shape index (κ2) is 5.18. The van der Waals surface area contributed by atoms with Crippen molar-refractivity contribution in [3.05, 3.63) is 18.0 Å². The average Bonchev–Trinajstić information content (AvgIpc) is 2.19. The van der Waals surface area contributed by atoms with Gasteiger partial charge in [-0.05, 0) is 6.26 Å². The van der Waals surface area contributed by atoms with E-state index in [0.717, 1.165) is 10.7 Å². The second-order valence-corrected chi connectivity index (χ2v) is 2.87. The van der Waals surface area contributed by atoms with Gasteiger partial charge >= 0.3 is 0 Å². The number of hydrogen-bond donors (Lipinski definition) is 0. The van der Waals surface area contributed by atoms with Gasteiger partial charge in [-0.25, -0.2) is 9.97 Å². The van der Waals surface area contributed by atoms with Crippen LogP contribution in [0.3, 0.4) is 0 Å². The van der Waals surface area contributed by atoms with Crippen molar-refractivity contribution in [2.45, 2.75) is 11.6 Å². The number of nitrogens with zero attached hydrogens (tertiary/aromatic N) is 3. The molecule has 1 aromatic heterocycles. The standard InChI is InChI=1S/C9H7N3S/c1-13-9-11-6-8(7-12-9)4-2-3-5-10/h6-7H,3H2,1H3. The van der Waals surface area contributed by atoms with Crippen LogP contribution in [0.2, 0.25) is 0 Å². The molecule has 0 atom stereocenters. The van der Waals surface area contributed by atoms with E-state index in [1.807, 2.05) is 12.3 Å². The molecule has 0 amide bonds. The number of hydrogen-bond acceptors (Lipinski definition) is 4. The zero-order valence-electron chi connectivity index (χ0n) is 7.11. The van der Waals surface area contributed by atoms with E-state index in [1.54, 1.807) is 12.4 Å². The Morgan fingerprint density at radius 2 is 2.15 bits per heavy atom. The van der Waals surface area contributed by atoms with Crippen molar-refractivity contribution in [2.24, 2.45) is 0 Å². The predicted octanol–water partition coefficient (Wildman–Crippen LogP) is 1.46. The molecule has 13 heavy (non-hydrogen) atoms. The molecular weight excluding hydrogens is 182 g/mol. The molecule has 1 aromatic rings. The third-order valence-corrected chi connectivity index (χ3v) is 1.79. The summed E-state index contributed by atoms with van der Waals surface area (Å²) in [5.74, 6) is 5.48. The normalized spacial score (nSPS) is 8.31. The van der Waals surface area contributed by atoms with Gasteiger partial charge < -0.3 is 0 Å². The third kappa shape index (κ3) is 3.14. The van der Waals surface area contributed by atoms with Crippen LogP contribution in [-0.4, -0.2) is 16.2 Å². The maximum Gasteiger partial charge on any atom is 0.187 e. The molecule has 4 heteroatoms. The molecule has 0 spiro atoms. The lowest BCUT2D eigenvalue weighted by Gasteiger charge is -1.92. The molecule has 1 rings (SSSR count). The molecule has 0 fully saturated rings. The van der Waals surface area contributed by atoms with Crippen LogP contribution in [0.4, 0.5) is 0 Å². The van der Waals surface area contributed by atoms with Gasteiger partial charge in [0.05, 0.1) is 18.1 Å². The SMILES string of the molecule is CSc1ncc(C#CCC#N)cn1. The molecule has 0 radical (unpaired) electrons. The predicted molar refractivity (Wildman–Crippen MR) is 50.9 cm³/mol. The minimum absolute atomic E-state index is 0.240. The fourth-order valence-corrected chi connectivity index (χ4v) is 0.988. The molecule has 0 unspecified atom stereocenters. The summed E-state index contributed by atoms with van der Waals surface area (Å²) in [6, 6.07) is 1.94. The van der Waals surface area contributed by atoms with Gasteiger partial charge in [0.15, 0.2) is 5.16 Å². The maximum atomic E-state index is 8.24. The number of nitriles is 1. The molecule has 0 saturated carbocycles. The Labute approximate surface area is 81.2 Å². The molecule has 64 valence electrons. The summed E-state index contributed by atoms with van der Waals surface area (Å²) in [6.07, 6.45) is 5.47. The van der Waals surface area contributed by atoms with Crippen LogP contribution in [0.15, 0.2) is 17.6 Å². The fraction of sp³-hybridized carbons (Fsp3) is 0.222. The summed E-state index contributed by atoms with van der Waals surface area (Å²) in [7, 11) is 0. The lowest BCUT2D eigenvalue weighted by Crippen LogP contribution is -1.85. The highest BCUT2D eigenvalue weighted by Gasteiger charge is 1.91. The Morgan fingerprint density at radius 1 is 1.46 bits per heavy atom. The highest BCUT2D eigenvalue weighted by molar-refractivity contribution is 7.98. The molecule has 0 N–H and O–H groups in total. The zero-order valence-corrected chi connectivity index (χ0v) is 7.93. The van der Waals surface area contributed by atoms with Crippen molar-refractivity contribution in [3.63, 3.8) is 0 Å². The Bertz CT molecular complexity index is 367. The average molecular weight is 189 g/mol. The summed E-state index contributed by atoms with van der Waals surface area (Å²) in [4.78, 5) is 8.08. The van der Waals surface area contributed by atoms with Gasteiger partial charge in [0.1, 0.15) is 0 Å². The molecule has 0 aromatic carbocycles. The van der Waals surface area contributed by atoms with E-state index in [2.05, 4.69) is 21.8 Å². The van der Waals surface area contributed by atoms with E-state index < -0.39 is 0 Å². The molecule has 1 heterocycles. The van der Waals surface area contributed by atoms with Gasteiger partial charge in [-0.3, -0.25) is 0 Å². The van der Waals surface area contributed by atoms with Gasteiger partial charge in [-0.1, -0.05) is 23.6 Å². The van der Waals surface area contributed by atoms with Gasteiger partial charge in [-0.15, -0.1) is 0 Å². The zero-order chi connectivity index (χ0) is 9.52. The van der Waals surface area contributed by atoms with Gasteiger partial charge in [0.2, 0.25) is 0 Å². The van der Waals surface area contributed by atoms with E-state index in [0.29, 0.717) is 0 Å². The lowest BCUT2D eigenvalue weighted by atomic mass is 10.3. The first kappa shape index (κ1) is 9.57. The summed E-state index contributed by atoms with van der Waals surface area (Å²) < 4.78 is 0. The minimum Gasteiger partial charge on any atom is -0.230 e. The van der Waals surface area contributed by atoms with Crippen molar-refractivity contribution in [2.75, 3.05) is 6.26 Å².